The Bertz CT molecular complexity index is 376. The minimum absolute atomic E-state index is 0.0419. The Labute approximate surface area is 106 Å². The van der Waals surface area contributed by atoms with Crippen LogP contribution in [0.3, 0.4) is 0 Å². The second-order valence-electron chi connectivity index (χ2n) is 5.94. The zero-order valence-corrected chi connectivity index (χ0v) is 12.5. The van der Waals surface area contributed by atoms with Crippen molar-refractivity contribution in [2.24, 2.45) is 0 Å². The van der Waals surface area contributed by atoms with Gasteiger partial charge in [-0.3, -0.25) is 0 Å². The van der Waals surface area contributed by atoms with Crippen LogP contribution in [0.15, 0.2) is 30.3 Å². The van der Waals surface area contributed by atoms with E-state index in [1.54, 1.807) is 0 Å². The highest BCUT2D eigenvalue weighted by atomic mass is 31.2. The van der Waals surface area contributed by atoms with E-state index in [-0.39, 0.29) is 5.16 Å². The van der Waals surface area contributed by atoms with Gasteiger partial charge in [-0.15, -0.1) is 0 Å². The number of hydrogen-bond acceptors (Lipinski definition) is 1. The lowest BCUT2D eigenvalue weighted by Crippen LogP contribution is -2.16. The summed E-state index contributed by atoms with van der Waals surface area (Å²) in [4.78, 5) is 0. The minimum atomic E-state index is -2.00. The standard InChI is InChI=1S/C15H25OP/c1-15(2,3)17(4,16)13-9-8-12-14-10-6-5-7-11-14/h5-7,10-11H,8-9,12-13H2,1-4H3. The molecule has 1 aromatic rings. The smallest absolute Gasteiger partial charge is 0.0898 e. The van der Waals surface area contributed by atoms with E-state index >= 15 is 0 Å². The van der Waals surface area contributed by atoms with Gasteiger partial charge in [0.1, 0.15) is 0 Å². The summed E-state index contributed by atoms with van der Waals surface area (Å²) in [6.45, 7) is 8.22. The Morgan fingerprint density at radius 1 is 1.06 bits per heavy atom. The van der Waals surface area contributed by atoms with E-state index in [1.807, 2.05) is 12.7 Å². The predicted molar refractivity (Wildman–Crippen MR) is 77.5 cm³/mol. The maximum Gasteiger partial charge on any atom is 0.0898 e. The summed E-state index contributed by atoms with van der Waals surface area (Å²) in [6, 6.07) is 10.5. The third kappa shape index (κ3) is 4.68. The maximum atomic E-state index is 12.4. The number of benzene rings is 1. The van der Waals surface area contributed by atoms with Crippen molar-refractivity contribution in [3.8, 4) is 0 Å². The van der Waals surface area contributed by atoms with Gasteiger partial charge in [0, 0.05) is 11.3 Å². The van der Waals surface area contributed by atoms with Gasteiger partial charge in [-0.1, -0.05) is 51.1 Å². The molecule has 0 saturated carbocycles. The Hall–Kier alpha value is -0.550. The summed E-state index contributed by atoms with van der Waals surface area (Å²) in [5, 5.41) is -0.0419. The van der Waals surface area contributed by atoms with E-state index in [9.17, 15) is 4.57 Å². The van der Waals surface area contributed by atoms with Gasteiger partial charge in [0.05, 0.1) is 7.14 Å². The van der Waals surface area contributed by atoms with Crippen LogP contribution in [0.25, 0.3) is 0 Å². The van der Waals surface area contributed by atoms with E-state index in [1.165, 1.54) is 5.56 Å². The molecule has 1 atom stereocenters. The number of unbranched alkanes of at least 4 members (excludes halogenated alkanes) is 1. The highest BCUT2D eigenvalue weighted by Gasteiger charge is 2.30. The molecule has 0 amide bonds. The summed E-state index contributed by atoms with van der Waals surface area (Å²) < 4.78 is 12.4. The van der Waals surface area contributed by atoms with Crippen LogP contribution in [0, 0.1) is 0 Å². The van der Waals surface area contributed by atoms with Crippen LogP contribution in [0.5, 0.6) is 0 Å². The fourth-order valence-corrected chi connectivity index (χ4v) is 3.22. The molecule has 0 aliphatic carbocycles. The molecule has 96 valence electrons. The molecule has 0 bridgehead atoms. The van der Waals surface area contributed by atoms with E-state index in [4.69, 9.17) is 0 Å². The molecule has 0 saturated heterocycles. The lowest BCUT2D eigenvalue weighted by Gasteiger charge is -2.27. The molecule has 0 spiro atoms. The van der Waals surface area contributed by atoms with Gasteiger partial charge >= 0.3 is 0 Å². The number of hydrogen-bond donors (Lipinski definition) is 0. The first-order valence-electron chi connectivity index (χ1n) is 6.43. The zero-order valence-electron chi connectivity index (χ0n) is 11.6. The van der Waals surface area contributed by atoms with Gasteiger partial charge in [0.2, 0.25) is 0 Å². The second-order valence-corrected chi connectivity index (χ2v) is 9.93. The van der Waals surface area contributed by atoms with Gasteiger partial charge in [0.15, 0.2) is 0 Å². The van der Waals surface area contributed by atoms with Gasteiger partial charge in [-0.2, -0.15) is 0 Å². The van der Waals surface area contributed by atoms with Crippen LogP contribution >= 0.6 is 7.14 Å². The van der Waals surface area contributed by atoms with Crippen LogP contribution in [-0.4, -0.2) is 18.0 Å². The van der Waals surface area contributed by atoms with Gasteiger partial charge in [0.25, 0.3) is 0 Å². The molecule has 17 heavy (non-hydrogen) atoms. The van der Waals surface area contributed by atoms with Crippen molar-refractivity contribution < 1.29 is 4.57 Å². The lowest BCUT2D eigenvalue weighted by molar-refractivity contribution is 0.549. The Balaban J connectivity index is 2.32. The van der Waals surface area contributed by atoms with Crippen molar-refractivity contribution in [3.05, 3.63) is 35.9 Å². The highest BCUT2D eigenvalue weighted by Crippen LogP contribution is 2.54. The molecule has 2 heteroatoms. The van der Waals surface area contributed by atoms with E-state index < -0.39 is 7.14 Å². The van der Waals surface area contributed by atoms with Crippen LogP contribution < -0.4 is 0 Å². The first-order valence-corrected chi connectivity index (χ1v) is 8.77. The van der Waals surface area contributed by atoms with Gasteiger partial charge in [-0.05, 0) is 31.5 Å². The molecular weight excluding hydrogens is 227 g/mol. The fraction of sp³-hybridized carbons (Fsp3) is 0.600. The monoisotopic (exact) mass is 252 g/mol. The van der Waals surface area contributed by atoms with E-state index in [2.05, 4.69) is 45.0 Å². The van der Waals surface area contributed by atoms with Crippen molar-refractivity contribution >= 4 is 7.14 Å². The first kappa shape index (κ1) is 14.5. The fourth-order valence-electron chi connectivity index (χ4n) is 1.72. The summed E-state index contributed by atoms with van der Waals surface area (Å²) in [5.41, 5.74) is 1.38. The molecule has 0 N–H and O–H groups in total. The molecule has 1 aromatic carbocycles. The van der Waals surface area contributed by atoms with E-state index in [0.29, 0.717) is 0 Å². The predicted octanol–water partition coefficient (Wildman–Crippen LogP) is 4.80. The molecule has 1 rings (SSSR count). The van der Waals surface area contributed by atoms with Gasteiger partial charge in [-0.25, -0.2) is 0 Å². The van der Waals surface area contributed by atoms with Crippen molar-refractivity contribution in [1.82, 2.24) is 0 Å². The number of rotatable bonds is 5. The van der Waals surface area contributed by atoms with Crippen molar-refractivity contribution in [3.63, 3.8) is 0 Å². The normalized spacial score (nSPS) is 15.5. The summed E-state index contributed by atoms with van der Waals surface area (Å²) in [5.74, 6) is 0. The summed E-state index contributed by atoms with van der Waals surface area (Å²) in [7, 11) is -2.00. The average molecular weight is 252 g/mol. The Morgan fingerprint density at radius 2 is 1.65 bits per heavy atom. The van der Waals surface area contributed by atoms with Crippen LogP contribution in [-0.2, 0) is 11.0 Å². The van der Waals surface area contributed by atoms with Crippen LogP contribution in [0.4, 0.5) is 0 Å². The third-order valence-electron chi connectivity index (χ3n) is 3.56. The first-order chi connectivity index (χ1) is 7.83. The minimum Gasteiger partial charge on any atom is -0.323 e. The average Bonchev–Trinajstić information content (AvgIpc) is 2.24. The molecule has 0 aliphatic heterocycles. The largest absolute Gasteiger partial charge is 0.323 e. The molecule has 0 fully saturated rings. The maximum absolute atomic E-state index is 12.4. The molecule has 0 heterocycles. The summed E-state index contributed by atoms with van der Waals surface area (Å²) in [6.07, 6.45) is 4.19. The highest BCUT2D eigenvalue weighted by molar-refractivity contribution is 7.64. The molecular formula is C15H25OP. The Kier molecular flexibility index (Phi) is 5.01. The molecule has 1 nitrogen and oxygen atoms in total. The van der Waals surface area contributed by atoms with E-state index in [0.717, 1.165) is 25.4 Å². The Morgan fingerprint density at radius 3 is 2.18 bits per heavy atom. The van der Waals surface area contributed by atoms with Crippen molar-refractivity contribution in [1.29, 1.82) is 0 Å². The quantitative estimate of drug-likeness (QED) is 0.543. The zero-order chi connectivity index (χ0) is 12.9. The molecule has 0 aromatic heterocycles. The molecule has 1 unspecified atom stereocenters. The van der Waals surface area contributed by atoms with Crippen molar-refractivity contribution in [2.75, 3.05) is 12.8 Å². The van der Waals surface area contributed by atoms with Gasteiger partial charge < -0.3 is 4.57 Å². The van der Waals surface area contributed by atoms with Crippen LogP contribution in [0.1, 0.15) is 39.2 Å². The summed E-state index contributed by atoms with van der Waals surface area (Å²) >= 11 is 0. The SMILES string of the molecule is CC(C)(C)P(C)(=O)CCCCc1ccccc1. The topological polar surface area (TPSA) is 17.1 Å². The lowest BCUT2D eigenvalue weighted by atomic mass is 10.1. The van der Waals surface area contributed by atoms with Crippen LogP contribution in [0.2, 0.25) is 0 Å². The number of aryl methyl sites for hydroxylation is 1. The molecule has 0 radical (unpaired) electrons. The second kappa shape index (κ2) is 5.87. The molecule has 0 aliphatic rings. The van der Waals surface area contributed by atoms with Crippen molar-refractivity contribution in [2.45, 2.75) is 45.2 Å². The third-order valence-corrected chi connectivity index (χ3v) is 7.57.